The number of hydrogen-bond acceptors (Lipinski definition) is 3. The number of aldehydes is 1. The second kappa shape index (κ2) is 9.78. The van der Waals surface area contributed by atoms with Crippen LogP contribution in [-0.2, 0) is 13.9 Å². The van der Waals surface area contributed by atoms with Crippen molar-refractivity contribution in [2.75, 3.05) is 6.61 Å². The molecule has 0 aromatic carbocycles. The topological polar surface area (TPSA) is 63.6 Å². The van der Waals surface area contributed by atoms with Crippen LogP contribution < -0.4 is 0 Å². The van der Waals surface area contributed by atoms with Gasteiger partial charge in [0.1, 0.15) is 12.9 Å². The number of rotatable bonds is 4. The Bertz CT molecular complexity index is 145. The van der Waals surface area contributed by atoms with E-state index in [1.54, 1.807) is 0 Å². The molecule has 0 bridgehead atoms. The standard InChI is InChI=1S/C4H9O3P.C4H8O/c1-4(2)3-7-8(5)6;1-4(2)3-5/h4H,3H2,1-2H3;3-4H,1-2H3/p+1. The van der Waals surface area contributed by atoms with Crippen LogP contribution in [0.15, 0.2) is 0 Å². The maximum atomic E-state index is 9.83. The second-order valence-electron chi connectivity index (χ2n) is 3.31. The van der Waals surface area contributed by atoms with Crippen molar-refractivity contribution in [3.05, 3.63) is 0 Å². The predicted molar refractivity (Wildman–Crippen MR) is 51.5 cm³/mol. The summed E-state index contributed by atoms with van der Waals surface area (Å²) >= 11 is 0. The molecule has 0 fully saturated rings. The summed E-state index contributed by atoms with van der Waals surface area (Å²) in [5, 5.41) is 0. The quantitative estimate of drug-likeness (QED) is 0.569. The maximum absolute atomic E-state index is 9.83. The summed E-state index contributed by atoms with van der Waals surface area (Å²) in [4.78, 5) is 17.6. The lowest BCUT2D eigenvalue weighted by atomic mass is 10.2. The van der Waals surface area contributed by atoms with Crippen LogP contribution in [-0.4, -0.2) is 17.8 Å². The highest BCUT2D eigenvalue weighted by Crippen LogP contribution is 2.15. The van der Waals surface area contributed by atoms with E-state index in [-0.39, 0.29) is 5.92 Å². The molecule has 0 radical (unpaired) electrons. The Morgan fingerprint density at radius 3 is 1.85 bits per heavy atom. The van der Waals surface area contributed by atoms with Gasteiger partial charge in [-0.2, -0.15) is 0 Å². The van der Waals surface area contributed by atoms with Gasteiger partial charge in [0, 0.05) is 10.5 Å². The van der Waals surface area contributed by atoms with Crippen LogP contribution in [0.1, 0.15) is 27.7 Å². The van der Waals surface area contributed by atoms with Gasteiger partial charge in [-0.3, -0.25) is 0 Å². The van der Waals surface area contributed by atoms with Gasteiger partial charge in [-0.15, -0.1) is 9.42 Å². The van der Waals surface area contributed by atoms with Crippen LogP contribution >= 0.6 is 8.25 Å². The molecule has 13 heavy (non-hydrogen) atoms. The molecule has 0 rings (SSSR count). The van der Waals surface area contributed by atoms with Gasteiger partial charge in [-0.1, -0.05) is 27.7 Å². The van der Waals surface area contributed by atoms with Gasteiger partial charge in [0.05, 0.1) is 0 Å². The van der Waals surface area contributed by atoms with E-state index in [9.17, 15) is 9.36 Å². The summed E-state index contributed by atoms with van der Waals surface area (Å²) in [7, 11) is -2.38. The molecule has 0 aliphatic rings. The molecule has 1 N–H and O–H groups in total. The van der Waals surface area contributed by atoms with Crippen LogP contribution in [0.2, 0.25) is 0 Å². The molecule has 0 aromatic rings. The van der Waals surface area contributed by atoms with E-state index in [2.05, 4.69) is 4.52 Å². The van der Waals surface area contributed by atoms with Crippen molar-refractivity contribution in [1.29, 1.82) is 0 Å². The third-order valence-electron chi connectivity index (χ3n) is 0.790. The van der Waals surface area contributed by atoms with Crippen LogP contribution in [0.4, 0.5) is 0 Å². The first kappa shape index (κ1) is 15.2. The zero-order valence-corrected chi connectivity index (χ0v) is 9.45. The molecular weight excluding hydrogens is 191 g/mol. The largest absolute Gasteiger partial charge is 0.694 e. The molecule has 0 spiro atoms. The fourth-order valence-electron chi connectivity index (χ4n) is 0.213. The van der Waals surface area contributed by atoms with Crippen molar-refractivity contribution >= 4 is 14.5 Å². The number of carbonyl (C=O) groups is 1. The summed E-state index contributed by atoms with van der Waals surface area (Å²) in [6, 6.07) is 0. The van der Waals surface area contributed by atoms with E-state index in [0.717, 1.165) is 6.29 Å². The van der Waals surface area contributed by atoms with Crippen molar-refractivity contribution in [2.45, 2.75) is 27.7 Å². The van der Waals surface area contributed by atoms with Gasteiger partial charge in [0.15, 0.2) is 0 Å². The zero-order valence-electron chi connectivity index (χ0n) is 8.56. The highest BCUT2D eigenvalue weighted by molar-refractivity contribution is 7.32. The monoisotopic (exact) mass is 209 g/mol. The van der Waals surface area contributed by atoms with Crippen molar-refractivity contribution < 1.29 is 18.8 Å². The van der Waals surface area contributed by atoms with E-state index in [4.69, 9.17) is 4.89 Å². The highest BCUT2D eigenvalue weighted by atomic mass is 31.1. The normalized spacial score (nSPS) is 10.8. The van der Waals surface area contributed by atoms with Gasteiger partial charge in [0.25, 0.3) is 0 Å². The third-order valence-corrected chi connectivity index (χ3v) is 1.16. The molecule has 5 heteroatoms. The Labute approximate surface area is 80.2 Å². The summed E-state index contributed by atoms with van der Waals surface area (Å²) in [6.45, 7) is 7.89. The Kier molecular flexibility index (Phi) is 11.4. The average molecular weight is 209 g/mol. The first-order chi connectivity index (χ1) is 5.90. The fraction of sp³-hybridized carbons (Fsp3) is 0.875. The van der Waals surface area contributed by atoms with Crippen LogP contribution in [0.5, 0.6) is 0 Å². The molecule has 1 atom stereocenters. The van der Waals surface area contributed by atoms with Crippen LogP contribution in [0, 0.1) is 11.8 Å². The van der Waals surface area contributed by atoms with E-state index in [0.29, 0.717) is 12.5 Å². The number of carbonyl (C=O) groups excluding carboxylic acids is 1. The van der Waals surface area contributed by atoms with Gasteiger partial charge in [-0.25, -0.2) is 0 Å². The number of hydrogen-bond donors (Lipinski definition) is 1. The predicted octanol–water partition coefficient (Wildman–Crippen LogP) is 2.15. The molecule has 0 aromatic heterocycles. The smallest absolute Gasteiger partial charge is 0.303 e. The molecule has 0 heterocycles. The van der Waals surface area contributed by atoms with Crippen molar-refractivity contribution in [3.63, 3.8) is 0 Å². The molecule has 0 aliphatic heterocycles. The van der Waals surface area contributed by atoms with Gasteiger partial charge in [0.2, 0.25) is 0 Å². The van der Waals surface area contributed by atoms with Gasteiger partial charge in [-0.05, 0) is 5.92 Å². The third kappa shape index (κ3) is 24.5. The molecule has 0 saturated carbocycles. The van der Waals surface area contributed by atoms with Crippen molar-refractivity contribution in [3.8, 4) is 0 Å². The first-order valence-electron chi connectivity index (χ1n) is 4.14. The highest BCUT2D eigenvalue weighted by Gasteiger charge is 2.11. The van der Waals surface area contributed by atoms with Crippen LogP contribution in [0.3, 0.4) is 0 Å². The summed E-state index contributed by atoms with van der Waals surface area (Å²) in [5.74, 6) is 0.524. The van der Waals surface area contributed by atoms with Crippen molar-refractivity contribution in [2.24, 2.45) is 11.8 Å². The summed E-state index contributed by atoms with van der Waals surface area (Å²) in [5.41, 5.74) is 0. The Morgan fingerprint density at radius 1 is 1.38 bits per heavy atom. The lowest BCUT2D eigenvalue weighted by molar-refractivity contribution is -0.110. The van der Waals surface area contributed by atoms with E-state index in [1.807, 2.05) is 27.7 Å². The lowest BCUT2D eigenvalue weighted by Gasteiger charge is -1.92. The van der Waals surface area contributed by atoms with E-state index < -0.39 is 8.25 Å². The maximum Gasteiger partial charge on any atom is 0.694 e. The molecule has 1 unspecified atom stereocenters. The second-order valence-corrected chi connectivity index (χ2v) is 4.04. The SMILES string of the molecule is CC(C)C=O.CC(C)CO[P+](=O)O. The average Bonchev–Trinajstić information content (AvgIpc) is 2.02. The molecule has 0 saturated heterocycles. The summed E-state index contributed by atoms with van der Waals surface area (Å²) < 4.78 is 14.2. The Balaban J connectivity index is 0. The minimum atomic E-state index is -2.38. The minimum Gasteiger partial charge on any atom is -0.303 e. The summed E-state index contributed by atoms with van der Waals surface area (Å²) in [6.07, 6.45) is 0.917. The van der Waals surface area contributed by atoms with Gasteiger partial charge < -0.3 is 4.79 Å². The molecule has 0 aliphatic carbocycles. The molecular formula is C8H18O4P+. The Hall–Kier alpha value is -0.310. The van der Waals surface area contributed by atoms with Crippen LogP contribution in [0.25, 0.3) is 0 Å². The van der Waals surface area contributed by atoms with E-state index in [1.165, 1.54) is 0 Å². The van der Waals surface area contributed by atoms with Gasteiger partial charge >= 0.3 is 8.25 Å². The van der Waals surface area contributed by atoms with Crippen molar-refractivity contribution in [1.82, 2.24) is 0 Å². The molecule has 0 amide bonds. The lowest BCUT2D eigenvalue weighted by Crippen LogP contribution is -1.95. The minimum absolute atomic E-state index is 0.204. The van der Waals surface area contributed by atoms with E-state index >= 15 is 0 Å². The Morgan fingerprint density at radius 2 is 1.77 bits per heavy atom. The molecule has 4 nitrogen and oxygen atoms in total. The fourth-order valence-corrected chi connectivity index (χ4v) is 0.639. The molecule has 78 valence electrons. The first-order valence-corrected chi connectivity index (χ1v) is 5.27. The zero-order chi connectivity index (χ0) is 10.9.